The van der Waals surface area contributed by atoms with Gasteiger partial charge in [0.1, 0.15) is 0 Å². The Bertz CT molecular complexity index is 904. The number of carbonyl (C=O) groups excluding carboxylic acids is 1. The molecule has 1 saturated heterocycles. The van der Waals surface area contributed by atoms with Gasteiger partial charge in [0.25, 0.3) is 5.91 Å². The molecule has 1 aliphatic rings. The fourth-order valence-corrected chi connectivity index (χ4v) is 4.81. The Morgan fingerprint density at radius 2 is 1.74 bits per heavy atom. The quantitative estimate of drug-likeness (QED) is 0.714. The van der Waals surface area contributed by atoms with Crippen LogP contribution in [0.1, 0.15) is 29.6 Å². The summed E-state index contributed by atoms with van der Waals surface area (Å²) in [4.78, 5) is 14.8. The van der Waals surface area contributed by atoms with E-state index in [-0.39, 0.29) is 10.8 Å². The molecule has 0 N–H and O–H groups in total. The highest BCUT2D eigenvalue weighted by molar-refractivity contribution is 7.89. The topological polar surface area (TPSA) is 57.7 Å². The van der Waals surface area contributed by atoms with Gasteiger partial charge in [-0.3, -0.25) is 4.79 Å². The Balaban J connectivity index is 1.92. The van der Waals surface area contributed by atoms with Gasteiger partial charge in [-0.05, 0) is 43.2 Å². The van der Waals surface area contributed by atoms with Gasteiger partial charge in [-0.1, -0.05) is 36.8 Å². The number of nitrogens with zero attached hydrogens (tertiary/aromatic N) is 2. The number of hydrogen-bond donors (Lipinski definition) is 0. The van der Waals surface area contributed by atoms with Crippen LogP contribution in [0.15, 0.2) is 72.1 Å². The normalized spacial score (nSPS) is 15.3. The smallest absolute Gasteiger partial charge is 0.258 e. The average molecular weight is 385 g/mol. The Labute approximate surface area is 161 Å². The Hall–Kier alpha value is -2.44. The van der Waals surface area contributed by atoms with Crippen molar-refractivity contribution in [3.8, 4) is 0 Å². The number of hydrogen-bond acceptors (Lipinski definition) is 3. The van der Waals surface area contributed by atoms with Gasteiger partial charge >= 0.3 is 0 Å². The van der Waals surface area contributed by atoms with Crippen LogP contribution in [-0.2, 0) is 10.0 Å². The lowest BCUT2D eigenvalue weighted by Gasteiger charge is -2.26. The standard InChI is InChI=1S/C21H24N2O3S/c1-2-14-23(19-11-5-3-6-12-19)21(24)18-10-9-13-20(17-18)27(25,26)22-15-7-4-8-16-22/h2-3,5-6,9-13,17H,1,4,7-8,14-16H2. The molecule has 0 radical (unpaired) electrons. The lowest BCUT2D eigenvalue weighted by atomic mass is 10.1. The molecule has 0 bridgehead atoms. The number of para-hydroxylation sites is 1. The molecule has 0 atom stereocenters. The van der Waals surface area contributed by atoms with Crippen molar-refractivity contribution in [3.05, 3.63) is 72.8 Å². The third kappa shape index (κ3) is 4.28. The zero-order valence-corrected chi connectivity index (χ0v) is 16.1. The first-order chi connectivity index (χ1) is 13.0. The maximum Gasteiger partial charge on any atom is 0.258 e. The molecule has 6 heteroatoms. The number of anilines is 1. The lowest BCUT2D eigenvalue weighted by molar-refractivity contribution is 0.0989. The summed E-state index contributed by atoms with van der Waals surface area (Å²) >= 11 is 0. The molecule has 0 saturated carbocycles. The van der Waals surface area contributed by atoms with Crippen molar-refractivity contribution in [2.24, 2.45) is 0 Å². The number of benzene rings is 2. The first kappa shape index (κ1) is 19.3. The van der Waals surface area contributed by atoms with Crippen LogP contribution < -0.4 is 4.90 Å². The summed E-state index contributed by atoms with van der Waals surface area (Å²) in [5.41, 5.74) is 1.09. The minimum Gasteiger partial charge on any atom is -0.305 e. The maximum absolute atomic E-state index is 13.1. The van der Waals surface area contributed by atoms with Crippen molar-refractivity contribution in [3.63, 3.8) is 0 Å². The van der Waals surface area contributed by atoms with Crippen molar-refractivity contribution in [2.75, 3.05) is 24.5 Å². The van der Waals surface area contributed by atoms with E-state index >= 15 is 0 Å². The van der Waals surface area contributed by atoms with Crippen molar-refractivity contribution in [2.45, 2.75) is 24.2 Å². The monoisotopic (exact) mass is 384 g/mol. The maximum atomic E-state index is 13.1. The second-order valence-electron chi connectivity index (χ2n) is 6.53. The summed E-state index contributed by atoms with van der Waals surface area (Å²) in [5, 5.41) is 0. The summed E-state index contributed by atoms with van der Waals surface area (Å²) in [6.07, 6.45) is 4.45. The van der Waals surface area contributed by atoms with Gasteiger partial charge in [-0.15, -0.1) is 6.58 Å². The van der Waals surface area contributed by atoms with E-state index < -0.39 is 10.0 Å². The minimum absolute atomic E-state index is 0.168. The van der Waals surface area contributed by atoms with Crippen LogP contribution in [0.3, 0.4) is 0 Å². The van der Waals surface area contributed by atoms with Crippen LogP contribution in [0.25, 0.3) is 0 Å². The highest BCUT2D eigenvalue weighted by atomic mass is 32.2. The summed E-state index contributed by atoms with van der Waals surface area (Å²) < 4.78 is 27.3. The van der Waals surface area contributed by atoms with Crippen LogP contribution in [0.4, 0.5) is 5.69 Å². The molecule has 1 aliphatic heterocycles. The van der Waals surface area contributed by atoms with Gasteiger partial charge in [-0.25, -0.2) is 8.42 Å². The van der Waals surface area contributed by atoms with Crippen LogP contribution >= 0.6 is 0 Å². The second-order valence-corrected chi connectivity index (χ2v) is 8.47. The molecule has 0 spiro atoms. The van der Waals surface area contributed by atoms with Gasteiger partial charge in [-0.2, -0.15) is 4.31 Å². The predicted octanol–water partition coefficient (Wildman–Crippen LogP) is 3.69. The Morgan fingerprint density at radius 1 is 1.04 bits per heavy atom. The zero-order valence-electron chi connectivity index (χ0n) is 15.3. The molecule has 2 aromatic rings. The summed E-state index contributed by atoms with van der Waals surface area (Å²) in [5.74, 6) is -0.253. The van der Waals surface area contributed by atoms with Crippen molar-refractivity contribution < 1.29 is 13.2 Å². The minimum atomic E-state index is -3.58. The predicted molar refractivity (Wildman–Crippen MR) is 107 cm³/mol. The molecule has 3 rings (SSSR count). The number of piperidine rings is 1. The fourth-order valence-electron chi connectivity index (χ4n) is 3.24. The molecule has 5 nitrogen and oxygen atoms in total. The van der Waals surface area contributed by atoms with Crippen molar-refractivity contribution in [1.82, 2.24) is 4.31 Å². The summed E-state index contributed by atoms with van der Waals surface area (Å²) in [6, 6.07) is 15.6. The second kappa shape index (κ2) is 8.50. The number of sulfonamides is 1. The molecule has 1 amide bonds. The lowest BCUT2D eigenvalue weighted by Crippen LogP contribution is -2.36. The zero-order chi connectivity index (χ0) is 19.3. The Morgan fingerprint density at radius 3 is 2.41 bits per heavy atom. The van der Waals surface area contributed by atoms with E-state index in [1.165, 1.54) is 10.4 Å². The summed E-state index contributed by atoms with van der Waals surface area (Å²) in [6.45, 7) is 5.13. The molecule has 2 aromatic carbocycles. The first-order valence-electron chi connectivity index (χ1n) is 9.12. The fraction of sp³-hybridized carbons (Fsp3) is 0.286. The highest BCUT2D eigenvalue weighted by Crippen LogP contribution is 2.23. The van der Waals surface area contributed by atoms with E-state index in [0.717, 1.165) is 24.9 Å². The van der Waals surface area contributed by atoms with Gasteiger partial charge < -0.3 is 4.90 Å². The molecule has 0 aromatic heterocycles. The SMILES string of the molecule is C=CCN(C(=O)c1cccc(S(=O)(=O)N2CCCCC2)c1)c1ccccc1. The molecule has 0 unspecified atom stereocenters. The van der Waals surface area contributed by atoms with E-state index in [0.29, 0.717) is 25.2 Å². The molecule has 0 aliphatic carbocycles. The number of amides is 1. The number of rotatable bonds is 6. The van der Waals surface area contributed by atoms with Gasteiger partial charge in [0, 0.05) is 30.9 Å². The third-order valence-electron chi connectivity index (χ3n) is 4.66. The van der Waals surface area contributed by atoms with E-state index in [4.69, 9.17) is 0 Å². The number of carbonyl (C=O) groups is 1. The first-order valence-corrected chi connectivity index (χ1v) is 10.6. The van der Waals surface area contributed by atoms with Crippen LogP contribution in [0, 0.1) is 0 Å². The largest absolute Gasteiger partial charge is 0.305 e. The molecular formula is C21H24N2O3S. The molecule has 1 heterocycles. The molecule has 1 fully saturated rings. The molecular weight excluding hydrogens is 360 g/mol. The van der Waals surface area contributed by atoms with Crippen LogP contribution in [0.2, 0.25) is 0 Å². The van der Waals surface area contributed by atoms with Gasteiger partial charge in [0.15, 0.2) is 0 Å². The highest BCUT2D eigenvalue weighted by Gasteiger charge is 2.27. The van der Waals surface area contributed by atoms with E-state index in [2.05, 4.69) is 6.58 Å². The van der Waals surface area contributed by atoms with Crippen molar-refractivity contribution in [1.29, 1.82) is 0 Å². The van der Waals surface area contributed by atoms with E-state index in [1.54, 1.807) is 29.2 Å². The van der Waals surface area contributed by atoms with Crippen molar-refractivity contribution >= 4 is 21.6 Å². The van der Waals surface area contributed by atoms with E-state index in [9.17, 15) is 13.2 Å². The third-order valence-corrected chi connectivity index (χ3v) is 6.55. The van der Waals surface area contributed by atoms with Gasteiger partial charge in [0.05, 0.1) is 4.90 Å². The van der Waals surface area contributed by atoms with Gasteiger partial charge in [0.2, 0.25) is 10.0 Å². The van der Waals surface area contributed by atoms with E-state index in [1.807, 2.05) is 30.3 Å². The molecule has 27 heavy (non-hydrogen) atoms. The summed E-state index contributed by atoms with van der Waals surface area (Å²) in [7, 11) is -3.58. The molecule has 142 valence electrons. The average Bonchev–Trinajstić information content (AvgIpc) is 2.73. The Kier molecular flexibility index (Phi) is 6.08. The van der Waals surface area contributed by atoms with Crippen LogP contribution in [0.5, 0.6) is 0 Å². The van der Waals surface area contributed by atoms with Crippen LogP contribution in [-0.4, -0.2) is 38.3 Å².